The Hall–Kier alpha value is -1.71. The van der Waals surface area contributed by atoms with E-state index >= 15 is 0 Å². The fraction of sp³-hybridized carbons (Fsp3) is 0.625. The third-order valence-electron chi connectivity index (χ3n) is 5.08. The molecule has 25 heavy (non-hydrogen) atoms. The maximum atomic E-state index is 11.7. The molecule has 2 aromatic heterocycles. The van der Waals surface area contributed by atoms with E-state index in [0.717, 1.165) is 50.4 Å². The lowest BCUT2D eigenvalue weighted by molar-refractivity contribution is 0.276. The Balaban J connectivity index is 1.56. The lowest BCUT2D eigenvalue weighted by Gasteiger charge is -2.31. The van der Waals surface area contributed by atoms with Crippen molar-refractivity contribution in [2.75, 3.05) is 25.9 Å². The van der Waals surface area contributed by atoms with Crippen LogP contribution in [0.2, 0.25) is 0 Å². The van der Waals surface area contributed by atoms with Crippen LogP contribution >= 0.6 is 0 Å². The van der Waals surface area contributed by atoms with Crippen molar-refractivity contribution in [1.82, 2.24) is 29.0 Å². The molecule has 0 saturated carbocycles. The van der Waals surface area contributed by atoms with Gasteiger partial charge in [-0.1, -0.05) is 0 Å². The Kier molecular flexibility index (Phi) is 4.38. The highest BCUT2D eigenvalue weighted by molar-refractivity contribution is 7.88. The Morgan fingerprint density at radius 2 is 2.04 bits per heavy atom. The number of hydrogen-bond acceptors (Lipinski definition) is 5. The summed E-state index contributed by atoms with van der Waals surface area (Å²) in [7, 11) is -3.10. The van der Waals surface area contributed by atoms with Gasteiger partial charge in [0.1, 0.15) is 5.69 Å². The van der Waals surface area contributed by atoms with Gasteiger partial charge < -0.3 is 9.88 Å². The quantitative estimate of drug-likeness (QED) is 0.872. The van der Waals surface area contributed by atoms with Gasteiger partial charge in [-0.15, -0.1) is 0 Å². The minimum atomic E-state index is -3.10. The Labute approximate surface area is 147 Å². The molecule has 2 aliphatic heterocycles. The van der Waals surface area contributed by atoms with Gasteiger partial charge in [0.2, 0.25) is 10.0 Å². The molecule has 0 aromatic carbocycles. The molecule has 0 amide bonds. The second-order valence-electron chi connectivity index (χ2n) is 6.83. The minimum absolute atomic E-state index is 0.259. The number of aromatic nitrogens is 4. The number of sulfonamides is 1. The molecule has 0 aliphatic carbocycles. The van der Waals surface area contributed by atoms with Gasteiger partial charge in [0.05, 0.1) is 11.9 Å². The van der Waals surface area contributed by atoms with E-state index in [9.17, 15) is 8.42 Å². The molecule has 8 nitrogen and oxygen atoms in total. The Morgan fingerprint density at radius 1 is 1.24 bits per heavy atom. The summed E-state index contributed by atoms with van der Waals surface area (Å²) in [5, 5.41) is 8.16. The normalized spacial score (nSPS) is 20.4. The third-order valence-corrected chi connectivity index (χ3v) is 6.38. The van der Waals surface area contributed by atoms with Gasteiger partial charge in [0, 0.05) is 44.6 Å². The van der Waals surface area contributed by atoms with Crippen LogP contribution in [0, 0.1) is 0 Å². The smallest absolute Gasteiger partial charge is 0.211 e. The first kappa shape index (κ1) is 16.7. The van der Waals surface area contributed by atoms with Crippen molar-refractivity contribution >= 4 is 10.0 Å². The lowest BCUT2D eigenvalue weighted by atomic mass is 10.1. The predicted molar refractivity (Wildman–Crippen MR) is 94.5 cm³/mol. The largest absolute Gasteiger partial charge is 0.326 e. The number of aryl methyl sites for hydroxylation is 1. The van der Waals surface area contributed by atoms with Crippen molar-refractivity contribution in [2.45, 2.75) is 38.4 Å². The summed E-state index contributed by atoms with van der Waals surface area (Å²) in [6.07, 6.45) is 7.74. The fourth-order valence-corrected chi connectivity index (χ4v) is 4.60. The fourth-order valence-electron chi connectivity index (χ4n) is 3.73. The average Bonchev–Trinajstić information content (AvgIpc) is 3.16. The van der Waals surface area contributed by atoms with Gasteiger partial charge in [0.15, 0.2) is 5.82 Å². The van der Waals surface area contributed by atoms with Crippen LogP contribution in [0.5, 0.6) is 0 Å². The van der Waals surface area contributed by atoms with Crippen molar-refractivity contribution in [3.05, 3.63) is 24.2 Å². The molecule has 136 valence electrons. The highest BCUT2D eigenvalue weighted by atomic mass is 32.2. The van der Waals surface area contributed by atoms with E-state index in [1.54, 1.807) is 10.5 Å². The van der Waals surface area contributed by atoms with Crippen molar-refractivity contribution < 1.29 is 8.42 Å². The van der Waals surface area contributed by atoms with E-state index in [1.807, 2.05) is 6.20 Å². The van der Waals surface area contributed by atoms with Crippen molar-refractivity contribution in [2.24, 2.45) is 0 Å². The Morgan fingerprint density at radius 3 is 2.80 bits per heavy atom. The number of imidazole rings is 1. The summed E-state index contributed by atoms with van der Waals surface area (Å²) >= 11 is 0. The molecule has 0 unspecified atom stereocenters. The van der Waals surface area contributed by atoms with E-state index in [0.29, 0.717) is 13.1 Å². The zero-order valence-electron chi connectivity index (χ0n) is 14.4. The van der Waals surface area contributed by atoms with Crippen LogP contribution in [0.25, 0.3) is 11.5 Å². The zero-order chi connectivity index (χ0) is 17.4. The van der Waals surface area contributed by atoms with Crippen LogP contribution in [-0.4, -0.2) is 57.9 Å². The zero-order valence-corrected chi connectivity index (χ0v) is 15.2. The number of piperidine rings is 1. The second kappa shape index (κ2) is 6.54. The summed E-state index contributed by atoms with van der Waals surface area (Å²) in [6, 6.07) is 2.37. The minimum Gasteiger partial charge on any atom is -0.326 e. The molecule has 1 fully saturated rings. The van der Waals surface area contributed by atoms with E-state index < -0.39 is 10.0 Å². The first-order valence-corrected chi connectivity index (χ1v) is 10.6. The topological polar surface area (TPSA) is 85.1 Å². The van der Waals surface area contributed by atoms with Crippen LogP contribution in [-0.2, 0) is 23.1 Å². The number of fused-ring (bicyclic) bond motifs is 1. The van der Waals surface area contributed by atoms with Gasteiger partial charge >= 0.3 is 0 Å². The third kappa shape index (κ3) is 3.36. The molecule has 0 radical (unpaired) electrons. The number of hydrogen-bond donors (Lipinski definition) is 1. The molecule has 9 heteroatoms. The first-order chi connectivity index (χ1) is 12.0. The molecule has 0 bridgehead atoms. The number of nitrogens with zero attached hydrogens (tertiary/aromatic N) is 5. The van der Waals surface area contributed by atoms with Crippen LogP contribution in [0.1, 0.15) is 31.0 Å². The summed E-state index contributed by atoms with van der Waals surface area (Å²) < 4.78 is 29.2. The maximum Gasteiger partial charge on any atom is 0.211 e. The molecule has 4 heterocycles. The predicted octanol–water partition coefficient (Wildman–Crippen LogP) is 0.836. The molecular formula is C16H24N6O2S. The molecular weight excluding hydrogens is 340 g/mol. The Bertz CT molecular complexity index is 824. The molecule has 2 aromatic rings. The summed E-state index contributed by atoms with van der Waals surface area (Å²) in [5.41, 5.74) is 2.09. The van der Waals surface area contributed by atoms with E-state index in [2.05, 4.69) is 25.6 Å². The van der Waals surface area contributed by atoms with Gasteiger partial charge in [0.25, 0.3) is 0 Å². The number of rotatable bonds is 3. The first-order valence-electron chi connectivity index (χ1n) is 8.78. The standard InChI is InChI=1S/C16H24N6O2S/c1-25(23,24)20-8-3-13(4-9-20)21-10-6-18-16(21)15-11-14-12-17-5-2-7-22(14)19-15/h6,10-11,13,17H,2-5,7-9,12H2,1H3. The van der Waals surface area contributed by atoms with Gasteiger partial charge in [-0.25, -0.2) is 17.7 Å². The van der Waals surface area contributed by atoms with Crippen LogP contribution in [0.15, 0.2) is 18.5 Å². The highest BCUT2D eigenvalue weighted by Gasteiger charge is 2.27. The monoisotopic (exact) mass is 364 g/mol. The summed E-state index contributed by atoms with van der Waals surface area (Å²) in [4.78, 5) is 4.53. The summed E-state index contributed by atoms with van der Waals surface area (Å²) in [5.74, 6) is 0.873. The van der Waals surface area contributed by atoms with E-state index in [4.69, 9.17) is 5.10 Å². The van der Waals surface area contributed by atoms with Crippen LogP contribution in [0.4, 0.5) is 0 Å². The van der Waals surface area contributed by atoms with E-state index in [1.165, 1.54) is 11.9 Å². The number of nitrogens with one attached hydrogen (secondary N) is 1. The molecule has 1 N–H and O–H groups in total. The molecule has 1 saturated heterocycles. The summed E-state index contributed by atoms with van der Waals surface area (Å²) in [6.45, 7) is 3.90. The highest BCUT2D eigenvalue weighted by Crippen LogP contribution is 2.29. The molecule has 0 atom stereocenters. The van der Waals surface area contributed by atoms with Gasteiger partial charge in [-0.2, -0.15) is 5.10 Å². The average molecular weight is 364 g/mol. The van der Waals surface area contributed by atoms with Crippen molar-refractivity contribution in [3.63, 3.8) is 0 Å². The lowest BCUT2D eigenvalue weighted by Crippen LogP contribution is -2.38. The molecule has 4 rings (SSSR count). The SMILES string of the molecule is CS(=O)(=O)N1CCC(n2ccnc2-c2cc3n(n2)CCCNC3)CC1. The molecule has 2 aliphatic rings. The van der Waals surface area contributed by atoms with Gasteiger partial charge in [-0.3, -0.25) is 4.68 Å². The van der Waals surface area contributed by atoms with Crippen molar-refractivity contribution in [3.8, 4) is 11.5 Å². The molecule has 0 spiro atoms. The second-order valence-corrected chi connectivity index (χ2v) is 8.81. The van der Waals surface area contributed by atoms with Crippen molar-refractivity contribution in [1.29, 1.82) is 0 Å². The van der Waals surface area contributed by atoms with Crippen LogP contribution < -0.4 is 5.32 Å². The van der Waals surface area contributed by atoms with Crippen LogP contribution in [0.3, 0.4) is 0 Å². The van der Waals surface area contributed by atoms with E-state index in [-0.39, 0.29) is 6.04 Å². The maximum absolute atomic E-state index is 11.7. The van der Waals surface area contributed by atoms with Gasteiger partial charge in [-0.05, 0) is 31.9 Å².